The fraction of sp³-hybridized carbons (Fsp3) is 0.133. The van der Waals surface area contributed by atoms with E-state index in [1.54, 1.807) is 0 Å². The zero-order chi connectivity index (χ0) is 17.7. The van der Waals surface area contributed by atoms with Gasteiger partial charge in [0.1, 0.15) is 5.15 Å². The molecular weight excluding hydrogens is 349 g/mol. The Bertz CT molecular complexity index is 766. The van der Waals surface area contributed by atoms with Gasteiger partial charge in [-0.25, -0.2) is 9.78 Å². The number of aromatic nitrogens is 1. The second-order valence-electron chi connectivity index (χ2n) is 4.51. The molecule has 0 radical (unpaired) electrons. The molecule has 0 aliphatic carbocycles. The Hall–Kier alpha value is -2.61. The Labute approximate surface area is 139 Å². The summed E-state index contributed by atoms with van der Waals surface area (Å²) in [6.07, 6.45) is -3.26. The van der Waals surface area contributed by atoms with Crippen LogP contribution in [0.4, 0.5) is 18.9 Å². The summed E-state index contributed by atoms with van der Waals surface area (Å²) < 4.78 is 43.2. The van der Waals surface area contributed by atoms with Crippen molar-refractivity contribution in [2.75, 3.05) is 11.9 Å². The smallest absolute Gasteiger partial charge is 0.418 e. The first-order chi connectivity index (χ1) is 11.3. The minimum Gasteiger partial charge on any atom is -0.452 e. The highest BCUT2D eigenvalue weighted by atomic mass is 35.5. The van der Waals surface area contributed by atoms with Crippen molar-refractivity contribution in [1.29, 1.82) is 0 Å². The third-order valence-corrected chi connectivity index (χ3v) is 3.12. The number of pyridine rings is 1. The lowest BCUT2D eigenvalue weighted by Gasteiger charge is -2.13. The van der Waals surface area contributed by atoms with Crippen molar-refractivity contribution in [3.63, 3.8) is 0 Å². The van der Waals surface area contributed by atoms with Crippen LogP contribution in [0, 0.1) is 0 Å². The molecule has 0 aliphatic rings. The molecule has 2 rings (SSSR count). The monoisotopic (exact) mass is 358 g/mol. The van der Waals surface area contributed by atoms with Crippen molar-refractivity contribution in [2.24, 2.45) is 0 Å². The minimum absolute atomic E-state index is 0.0531. The molecule has 0 saturated heterocycles. The number of alkyl halides is 3. The number of benzene rings is 1. The predicted molar refractivity (Wildman–Crippen MR) is 79.6 cm³/mol. The number of carbonyl (C=O) groups excluding carboxylic acids is 2. The van der Waals surface area contributed by atoms with Crippen molar-refractivity contribution >= 4 is 29.2 Å². The van der Waals surface area contributed by atoms with E-state index in [-0.39, 0.29) is 10.7 Å². The average molecular weight is 359 g/mol. The molecule has 0 aliphatic heterocycles. The van der Waals surface area contributed by atoms with Gasteiger partial charge in [-0.15, -0.1) is 0 Å². The van der Waals surface area contributed by atoms with Gasteiger partial charge < -0.3 is 10.1 Å². The van der Waals surface area contributed by atoms with E-state index in [4.69, 9.17) is 16.3 Å². The molecule has 24 heavy (non-hydrogen) atoms. The lowest BCUT2D eigenvalue weighted by Crippen LogP contribution is -2.23. The summed E-state index contributed by atoms with van der Waals surface area (Å²) in [6, 6.07) is 7.25. The first kappa shape index (κ1) is 17.7. The van der Waals surface area contributed by atoms with Gasteiger partial charge in [-0.05, 0) is 24.3 Å². The van der Waals surface area contributed by atoms with Crippen LogP contribution >= 0.6 is 11.6 Å². The van der Waals surface area contributed by atoms with Crippen LogP contribution in [0.3, 0.4) is 0 Å². The average Bonchev–Trinajstić information content (AvgIpc) is 2.52. The minimum atomic E-state index is -4.62. The Morgan fingerprint density at radius 2 is 1.88 bits per heavy atom. The van der Waals surface area contributed by atoms with Crippen molar-refractivity contribution in [2.45, 2.75) is 6.18 Å². The maximum atomic E-state index is 12.8. The van der Waals surface area contributed by atoms with Crippen LogP contribution in [0.15, 0.2) is 42.6 Å². The van der Waals surface area contributed by atoms with Gasteiger partial charge in [0.2, 0.25) is 0 Å². The third kappa shape index (κ3) is 4.45. The van der Waals surface area contributed by atoms with E-state index in [1.807, 2.05) is 0 Å². The van der Waals surface area contributed by atoms with Crippen LogP contribution in [0.2, 0.25) is 5.15 Å². The number of anilines is 1. The zero-order valence-electron chi connectivity index (χ0n) is 11.9. The van der Waals surface area contributed by atoms with E-state index in [1.165, 1.54) is 30.5 Å². The molecular formula is C15H10ClF3N2O3. The number of ether oxygens (including phenoxy) is 1. The predicted octanol–water partition coefficient (Wildman–Crippen LogP) is 3.55. The van der Waals surface area contributed by atoms with Gasteiger partial charge >= 0.3 is 12.1 Å². The molecule has 1 aromatic carbocycles. The van der Waals surface area contributed by atoms with Crippen LogP contribution in [0.5, 0.6) is 0 Å². The molecule has 5 nitrogen and oxygen atoms in total. The number of amides is 1. The summed E-state index contributed by atoms with van der Waals surface area (Å²) in [7, 11) is 0. The summed E-state index contributed by atoms with van der Waals surface area (Å²) in [5, 5.41) is 1.95. The van der Waals surface area contributed by atoms with Gasteiger partial charge in [-0.3, -0.25) is 4.79 Å². The lowest BCUT2D eigenvalue weighted by atomic mass is 10.1. The van der Waals surface area contributed by atoms with E-state index in [0.29, 0.717) is 0 Å². The van der Waals surface area contributed by atoms with Crippen LogP contribution < -0.4 is 5.32 Å². The summed E-state index contributed by atoms with van der Waals surface area (Å²) in [4.78, 5) is 27.1. The summed E-state index contributed by atoms with van der Waals surface area (Å²) in [5.74, 6) is -1.83. The highest BCUT2D eigenvalue weighted by Crippen LogP contribution is 2.34. The Morgan fingerprint density at radius 3 is 2.54 bits per heavy atom. The number of halogens is 4. The molecule has 1 amide bonds. The van der Waals surface area contributed by atoms with Gasteiger partial charge in [0.05, 0.1) is 16.8 Å². The molecule has 0 fully saturated rings. The van der Waals surface area contributed by atoms with Crippen molar-refractivity contribution in [3.05, 3.63) is 58.9 Å². The number of hydrogen-bond acceptors (Lipinski definition) is 4. The molecule has 0 atom stereocenters. The second-order valence-corrected chi connectivity index (χ2v) is 4.87. The molecule has 0 spiro atoms. The molecule has 126 valence electrons. The largest absolute Gasteiger partial charge is 0.452 e. The number of rotatable bonds is 4. The fourth-order valence-corrected chi connectivity index (χ4v) is 1.97. The maximum absolute atomic E-state index is 12.8. The first-order valence-electron chi connectivity index (χ1n) is 6.53. The van der Waals surface area contributed by atoms with E-state index in [0.717, 1.165) is 12.1 Å². The van der Waals surface area contributed by atoms with Crippen LogP contribution in [-0.2, 0) is 15.7 Å². The molecule has 0 unspecified atom stereocenters. The fourth-order valence-electron chi connectivity index (χ4n) is 1.77. The van der Waals surface area contributed by atoms with Crippen molar-refractivity contribution < 1.29 is 27.5 Å². The van der Waals surface area contributed by atoms with Crippen LogP contribution in [-0.4, -0.2) is 23.5 Å². The van der Waals surface area contributed by atoms with Gasteiger partial charge in [0, 0.05) is 6.20 Å². The second kappa shape index (κ2) is 7.31. The van der Waals surface area contributed by atoms with E-state index >= 15 is 0 Å². The highest BCUT2D eigenvalue weighted by molar-refractivity contribution is 6.32. The highest BCUT2D eigenvalue weighted by Gasteiger charge is 2.33. The lowest BCUT2D eigenvalue weighted by molar-refractivity contribution is -0.137. The Morgan fingerprint density at radius 1 is 1.17 bits per heavy atom. The topological polar surface area (TPSA) is 68.3 Å². The van der Waals surface area contributed by atoms with Crippen LogP contribution in [0.25, 0.3) is 0 Å². The van der Waals surface area contributed by atoms with Gasteiger partial charge in [-0.1, -0.05) is 23.7 Å². The summed E-state index contributed by atoms with van der Waals surface area (Å²) in [6.45, 7) is -0.768. The third-order valence-electron chi connectivity index (χ3n) is 2.82. The molecule has 2 aromatic rings. The number of para-hydroxylation sites is 1. The molecule has 1 heterocycles. The maximum Gasteiger partial charge on any atom is 0.418 e. The number of carbonyl (C=O) groups is 2. The molecule has 1 N–H and O–H groups in total. The van der Waals surface area contributed by atoms with E-state index in [2.05, 4.69) is 10.3 Å². The van der Waals surface area contributed by atoms with Crippen molar-refractivity contribution in [1.82, 2.24) is 4.98 Å². The zero-order valence-corrected chi connectivity index (χ0v) is 12.7. The number of hydrogen-bond donors (Lipinski definition) is 1. The summed E-state index contributed by atoms with van der Waals surface area (Å²) >= 11 is 5.70. The van der Waals surface area contributed by atoms with E-state index in [9.17, 15) is 22.8 Å². The number of nitrogens with zero attached hydrogens (tertiary/aromatic N) is 1. The first-order valence-corrected chi connectivity index (χ1v) is 6.90. The normalized spacial score (nSPS) is 11.0. The summed E-state index contributed by atoms with van der Waals surface area (Å²) in [5.41, 5.74) is -1.48. The molecule has 0 saturated carbocycles. The van der Waals surface area contributed by atoms with Crippen LogP contribution in [0.1, 0.15) is 15.9 Å². The van der Waals surface area contributed by atoms with Gasteiger partial charge in [0.25, 0.3) is 5.91 Å². The SMILES string of the molecule is O=C(COC(=O)c1cccnc1Cl)Nc1ccccc1C(F)(F)F. The Balaban J connectivity index is 2.00. The van der Waals surface area contributed by atoms with Crippen molar-refractivity contribution in [3.8, 4) is 0 Å². The number of esters is 1. The van der Waals surface area contributed by atoms with E-state index < -0.39 is 35.9 Å². The van der Waals surface area contributed by atoms with Gasteiger partial charge in [0.15, 0.2) is 6.61 Å². The molecule has 1 aromatic heterocycles. The van der Waals surface area contributed by atoms with Gasteiger partial charge in [-0.2, -0.15) is 13.2 Å². The molecule has 9 heteroatoms. The molecule has 0 bridgehead atoms. The number of nitrogens with one attached hydrogen (secondary N) is 1. The Kier molecular flexibility index (Phi) is 5.40. The standard InChI is InChI=1S/C15H10ClF3N2O3/c16-13-9(4-3-7-20-13)14(23)24-8-12(22)21-11-6-2-1-5-10(11)15(17,18)19/h1-7H,8H2,(H,21,22). The quantitative estimate of drug-likeness (QED) is 0.670.